The lowest BCUT2D eigenvalue weighted by molar-refractivity contribution is -0.138. The van der Waals surface area contributed by atoms with Gasteiger partial charge in [-0.25, -0.2) is 0 Å². The number of alkyl halides is 3. The van der Waals surface area contributed by atoms with E-state index in [1.165, 1.54) is 0 Å². The number of rotatable bonds is 5. The summed E-state index contributed by atoms with van der Waals surface area (Å²) in [6.07, 6.45) is -4.55. The first-order valence-corrected chi connectivity index (χ1v) is 3.14. The zero-order valence-electron chi connectivity index (χ0n) is 5.86. The summed E-state index contributed by atoms with van der Waals surface area (Å²) in [5, 5.41) is 0. The number of carbonyl (C=O) groups excluding carboxylic acids is 1. The smallest absolute Gasteiger partial charge is 0.374 e. The van der Waals surface area contributed by atoms with Crippen LogP contribution in [0.25, 0.3) is 0 Å². The predicted molar refractivity (Wildman–Crippen MR) is 32.2 cm³/mol. The molecular weight excluding hydrogens is 161 g/mol. The van der Waals surface area contributed by atoms with Crippen molar-refractivity contribution in [1.82, 2.24) is 0 Å². The summed E-state index contributed by atoms with van der Waals surface area (Å²) in [4.78, 5) is 9.62. The largest absolute Gasteiger partial charge is 0.389 e. The summed E-state index contributed by atoms with van der Waals surface area (Å²) in [7, 11) is 0. The Kier molecular flexibility index (Phi) is 4.85. The Morgan fingerprint density at radius 2 is 2.00 bits per heavy atom. The van der Waals surface area contributed by atoms with Crippen LogP contribution in [0.15, 0.2) is 0 Å². The fourth-order valence-electron chi connectivity index (χ4n) is 0.506. The van der Waals surface area contributed by atoms with Gasteiger partial charge in [-0.3, -0.25) is 0 Å². The zero-order chi connectivity index (χ0) is 8.74. The quantitative estimate of drug-likeness (QED) is 0.462. The molecule has 0 bridgehead atoms. The van der Waals surface area contributed by atoms with Crippen molar-refractivity contribution < 1.29 is 22.7 Å². The molecule has 0 radical (unpaired) electrons. The highest BCUT2D eigenvalue weighted by molar-refractivity contribution is 5.50. The fraction of sp³-hybridized carbons (Fsp3) is 0.833. The Balaban J connectivity index is 3.08. The lowest BCUT2D eigenvalue weighted by Crippen LogP contribution is -2.09. The maximum atomic E-state index is 11.4. The molecule has 0 fully saturated rings. The molecule has 0 aliphatic rings. The molecular formula is C6H9F3O2. The number of hydrogen-bond donors (Lipinski definition) is 0. The van der Waals surface area contributed by atoms with Crippen LogP contribution in [0.5, 0.6) is 0 Å². The van der Waals surface area contributed by atoms with Gasteiger partial charge in [-0.05, 0) is 6.42 Å². The molecule has 66 valence electrons. The van der Waals surface area contributed by atoms with Gasteiger partial charge in [0.05, 0.1) is 0 Å². The fourth-order valence-corrected chi connectivity index (χ4v) is 0.506. The molecule has 0 aromatic carbocycles. The van der Waals surface area contributed by atoms with Crippen LogP contribution in [-0.2, 0) is 9.53 Å². The van der Waals surface area contributed by atoms with Gasteiger partial charge in [0.1, 0.15) is 12.9 Å². The van der Waals surface area contributed by atoms with Gasteiger partial charge in [-0.15, -0.1) is 0 Å². The second kappa shape index (κ2) is 5.12. The number of carbonyl (C=O) groups is 1. The van der Waals surface area contributed by atoms with Crippen molar-refractivity contribution in [3.8, 4) is 0 Å². The predicted octanol–water partition coefficient (Wildman–Crippen LogP) is 1.54. The van der Waals surface area contributed by atoms with Crippen molar-refractivity contribution in [3.05, 3.63) is 0 Å². The van der Waals surface area contributed by atoms with Gasteiger partial charge in [-0.1, -0.05) is 0 Å². The van der Waals surface area contributed by atoms with E-state index in [1.807, 2.05) is 0 Å². The summed E-state index contributed by atoms with van der Waals surface area (Å²) >= 11 is 0. The molecule has 0 aliphatic carbocycles. The lowest BCUT2D eigenvalue weighted by atomic mass is 10.3. The molecule has 0 N–H and O–H groups in total. The van der Waals surface area contributed by atoms with Gasteiger partial charge in [0.2, 0.25) is 0 Å². The van der Waals surface area contributed by atoms with E-state index in [2.05, 4.69) is 4.74 Å². The van der Waals surface area contributed by atoms with Crippen LogP contribution in [0.4, 0.5) is 13.2 Å². The van der Waals surface area contributed by atoms with Gasteiger partial charge in [0, 0.05) is 13.0 Å². The zero-order valence-corrected chi connectivity index (χ0v) is 5.86. The molecule has 0 saturated heterocycles. The van der Waals surface area contributed by atoms with E-state index in [0.29, 0.717) is 6.29 Å². The van der Waals surface area contributed by atoms with Crippen LogP contribution in [0.1, 0.15) is 12.8 Å². The van der Waals surface area contributed by atoms with Crippen LogP contribution >= 0.6 is 0 Å². The first-order chi connectivity index (χ1) is 5.06. The molecule has 0 aliphatic heterocycles. The van der Waals surface area contributed by atoms with Gasteiger partial charge in [0.15, 0.2) is 0 Å². The molecule has 0 atom stereocenters. The lowest BCUT2D eigenvalue weighted by Gasteiger charge is -2.04. The van der Waals surface area contributed by atoms with E-state index in [1.54, 1.807) is 0 Å². The molecule has 0 amide bonds. The average Bonchev–Trinajstić information content (AvgIpc) is 1.85. The summed E-state index contributed by atoms with van der Waals surface area (Å²) in [5.41, 5.74) is 0. The third-order valence-electron chi connectivity index (χ3n) is 0.935. The Hall–Kier alpha value is -0.580. The third kappa shape index (κ3) is 9.42. The van der Waals surface area contributed by atoms with Crippen molar-refractivity contribution in [1.29, 1.82) is 0 Å². The summed E-state index contributed by atoms with van der Waals surface area (Å²) in [5.74, 6) is 0. The van der Waals surface area contributed by atoms with Crippen LogP contribution in [0.3, 0.4) is 0 Å². The minimum absolute atomic E-state index is 0.0156. The Bertz CT molecular complexity index is 111. The number of ether oxygens (including phenoxy) is 1. The monoisotopic (exact) mass is 170 g/mol. The highest BCUT2D eigenvalue weighted by atomic mass is 19.4. The van der Waals surface area contributed by atoms with E-state index in [4.69, 9.17) is 0 Å². The third-order valence-corrected chi connectivity index (χ3v) is 0.935. The van der Waals surface area contributed by atoms with E-state index in [-0.39, 0.29) is 19.6 Å². The van der Waals surface area contributed by atoms with Gasteiger partial charge >= 0.3 is 6.18 Å². The van der Waals surface area contributed by atoms with E-state index in [0.717, 1.165) is 0 Å². The Morgan fingerprint density at radius 3 is 2.45 bits per heavy atom. The summed E-state index contributed by atoms with van der Waals surface area (Å²) in [6, 6.07) is 0. The Morgan fingerprint density at radius 1 is 1.36 bits per heavy atom. The molecule has 0 spiro atoms. The van der Waals surface area contributed by atoms with Crippen molar-refractivity contribution in [2.45, 2.75) is 19.0 Å². The number of hydrogen-bond acceptors (Lipinski definition) is 2. The van der Waals surface area contributed by atoms with Crippen LogP contribution in [0.2, 0.25) is 0 Å². The number of halogens is 3. The second-order valence-electron chi connectivity index (χ2n) is 1.96. The highest BCUT2D eigenvalue weighted by Gasteiger charge is 2.25. The normalized spacial score (nSPS) is 11.5. The molecule has 5 heteroatoms. The first kappa shape index (κ1) is 10.4. The van der Waals surface area contributed by atoms with Crippen LogP contribution < -0.4 is 0 Å². The molecule has 0 rings (SSSR count). The van der Waals surface area contributed by atoms with E-state index >= 15 is 0 Å². The van der Waals surface area contributed by atoms with Gasteiger partial charge < -0.3 is 9.53 Å². The molecule has 2 nitrogen and oxygen atoms in total. The van der Waals surface area contributed by atoms with Crippen molar-refractivity contribution in [2.75, 3.05) is 13.2 Å². The molecule has 11 heavy (non-hydrogen) atoms. The van der Waals surface area contributed by atoms with Crippen LogP contribution in [0, 0.1) is 0 Å². The second-order valence-corrected chi connectivity index (χ2v) is 1.96. The standard InChI is InChI=1S/C6H9F3O2/c7-6(8,9)2-1-4-11-5-3-10/h3H,1-2,4-5H2. The van der Waals surface area contributed by atoms with Crippen molar-refractivity contribution in [2.24, 2.45) is 0 Å². The van der Waals surface area contributed by atoms with Gasteiger partial charge in [0.25, 0.3) is 0 Å². The minimum atomic E-state index is -4.12. The van der Waals surface area contributed by atoms with Crippen molar-refractivity contribution >= 4 is 6.29 Å². The van der Waals surface area contributed by atoms with Crippen LogP contribution in [-0.4, -0.2) is 25.7 Å². The van der Waals surface area contributed by atoms with E-state index < -0.39 is 12.6 Å². The van der Waals surface area contributed by atoms with Crippen molar-refractivity contribution in [3.63, 3.8) is 0 Å². The first-order valence-electron chi connectivity index (χ1n) is 3.14. The topological polar surface area (TPSA) is 26.3 Å². The highest BCUT2D eigenvalue weighted by Crippen LogP contribution is 2.20. The maximum Gasteiger partial charge on any atom is 0.389 e. The summed E-state index contributed by atoms with van der Waals surface area (Å²) in [6.45, 7) is -0.143. The summed E-state index contributed by atoms with van der Waals surface area (Å²) < 4.78 is 38.8. The average molecular weight is 170 g/mol. The number of aldehydes is 1. The molecule has 0 aromatic heterocycles. The maximum absolute atomic E-state index is 11.4. The SMILES string of the molecule is O=CCOCCCC(F)(F)F. The molecule has 0 unspecified atom stereocenters. The van der Waals surface area contributed by atoms with Gasteiger partial charge in [-0.2, -0.15) is 13.2 Å². The molecule has 0 saturated carbocycles. The van der Waals surface area contributed by atoms with E-state index in [9.17, 15) is 18.0 Å². The minimum Gasteiger partial charge on any atom is -0.374 e. The molecule has 0 heterocycles. The molecule has 0 aromatic rings. The Labute approximate surface area is 62.3 Å².